The molecule has 2 N–H and O–H groups in total. The van der Waals surface area contributed by atoms with Gasteiger partial charge in [0, 0.05) is 18.6 Å². The molecule has 0 aromatic heterocycles. The Kier molecular flexibility index (Phi) is 5.83. The molecule has 1 fully saturated rings. The summed E-state index contributed by atoms with van der Waals surface area (Å²) < 4.78 is 0. The van der Waals surface area contributed by atoms with Crippen LogP contribution in [-0.4, -0.2) is 23.5 Å². The molecule has 0 amide bonds. The molecule has 118 valence electrons. The summed E-state index contributed by atoms with van der Waals surface area (Å²) in [7, 11) is 0. The van der Waals surface area contributed by atoms with Gasteiger partial charge >= 0.3 is 0 Å². The van der Waals surface area contributed by atoms with Crippen LogP contribution in [0.3, 0.4) is 0 Å². The van der Waals surface area contributed by atoms with Crippen molar-refractivity contribution >= 4 is 0 Å². The van der Waals surface area contributed by atoms with E-state index in [0.29, 0.717) is 0 Å². The van der Waals surface area contributed by atoms with Crippen LogP contribution in [0, 0.1) is 13.8 Å². The molecule has 0 bridgehead atoms. The molecule has 0 heterocycles. The molecular formula is C19H32N2. The van der Waals surface area contributed by atoms with Crippen LogP contribution >= 0.6 is 0 Å². The van der Waals surface area contributed by atoms with E-state index < -0.39 is 0 Å². The van der Waals surface area contributed by atoms with Crippen molar-refractivity contribution < 1.29 is 0 Å². The monoisotopic (exact) mass is 288 g/mol. The Morgan fingerprint density at radius 3 is 2.33 bits per heavy atom. The molecule has 21 heavy (non-hydrogen) atoms. The van der Waals surface area contributed by atoms with Gasteiger partial charge in [-0.3, -0.25) is 4.90 Å². The number of aryl methyl sites for hydroxylation is 2. The first-order chi connectivity index (χ1) is 10.1. The molecule has 0 radical (unpaired) electrons. The summed E-state index contributed by atoms with van der Waals surface area (Å²) in [6.07, 6.45) is 7.96. The van der Waals surface area contributed by atoms with Crippen molar-refractivity contribution in [2.24, 2.45) is 5.73 Å². The van der Waals surface area contributed by atoms with E-state index in [1.165, 1.54) is 55.2 Å². The first-order valence-electron chi connectivity index (χ1n) is 8.62. The van der Waals surface area contributed by atoms with Gasteiger partial charge in [0.25, 0.3) is 0 Å². The number of benzene rings is 1. The highest BCUT2D eigenvalue weighted by molar-refractivity contribution is 5.30. The van der Waals surface area contributed by atoms with Crippen LogP contribution in [0.5, 0.6) is 0 Å². The zero-order valence-electron chi connectivity index (χ0n) is 14.1. The van der Waals surface area contributed by atoms with Gasteiger partial charge in [0.1, 0.15) is 0 Å². The molecule has 0 spiro atoms. The summed E-state index contributed by atoms with van der Waals surface area (Å²) in [6, 6.07) is 6.80. The highest BCUT2D eigenvalue weighted by atomic mass is 15.2. The van der Waals surface area contributed by atoms with Crippen LogP contribution in [0.15, 0.2) is 18.2 Å². The molecule has 0 saturated heterocycles. The number of rotatable bonds is 5. The average molecular weight is 288 g/mol. The summed E-state index contributed by atoms with van der Waals surface area (Å²) in [5.41, 5.74) is 10.7. The Morgan fingerprint density at radius 1 is 1.10 bits per heavy atom. The highest BCUT2D eigenvalue weighted by Gasteiger charge is 2.35. The highest BCUT2D eigenvalue weighted by Crippen LogP contribution is 2.33. The van der Waals surface area contributed by atoms with Gasteiger partial charge in [-0.1, -0.05) is 56.4 Å². The predicted molar refractivity (Wildman–Crippen MR) is 91.5 cm³/mol. The topological polar surface area (TPSA) is 29.3 Å². The van der Waals surface area contributed by atoms with E-state index in [1.807, 2.05) is 0 Å². The molecule has 0 atom stereocenters. The zero-order valence-corrected chi connectivity index (χ0v) is 14.1. The van der Waals surface area contributed by atoms with Gasteiger partial charge in [-0.15, -0.1) is 0 Å². The third-order valence-corrected chi connectivity index (χ3v) is 5.33. The largest absolute Gasteiger partial charge is 0.329 e. The number of hydrogen-bond donors (Lipinski definition) is 1. The predicted octanol–water partition coefficient (Wildman–Crippen LogP) is 4.18. The van der Waals surface area contributed by atoms with Gasteiger partial charge in [-0.2, -0.15) is 0 Å². The lowest BCUT2D eigenvalue weighted by atomic mass is 9.87. The maximum atomic E-state index is 6.26. The van der Waals surface area contributed by atoms with Gasteiger partial charge in [-0.05, 0) is 44.4 Å². The Morgan fingerprint density at radius 2 is 1.76 bits per heavy atom. The van der Waals surface area contributed by atoms with E-state index in [4.69, 9.17) is 5.73 Å². The molecular weight excluding hydrogens is 256 g/mol. The van der Waals surface area contributed by atoms with E-state index >= 15 is 0 Å². The minimum atomic E-state index is 0.224. The van der Waals surface area contributed by atoms with E-state index in [-0.39, 0.29) is 5.54 Å². The zero-order chi connectivity index (χ0) is 15.3. The quantitative estimate of drug-likeness (QED) is 0.824. The van der Waals surface area contributed by atoms with Crippen molar-refractivity contribution in [2.45, 2.75) is 71.4 Å². The van der Waals surface area contributed by atoms with Crippen molar-refractivity contribution in [2.75, 3.05) is 13.1 Å². The van der Waals surface area contributed by atoms with Crippen LogP contribution < -0.4 is 5.73 Å². The van der Waals surface area contributed by atoms with Crippen molar-refractivity contribution in [3.8, 4) is 0 Å². The van der Waals surface area contributed by atoms with Crippen LogP contribution in [0.1, 0.15) is 62.1 Å². The van der Waals surface area contributed by atoms with Crippen molar-refractivity contribution in [1.29, 1.82) is 0 Å². The third-order valence-electron chi connectivity index (χ3n) is 5.33. The number of likely N-dealkylation sites (N-methyl/N-ethyl adjacent to an activating group) is 1. The second kappa shape index (κ2) is 7.42. The van der Waals surface area contributed by atoms with E-state index in [2.05, 4.69) is 43.9 Å². The maximum Gasteiger partial charge on any atom is 0.0335 e. The molecule has 1 aliphatic carbocycles. The summed E-state index contributed by atoms with van der Waals surface area (Å²) in [5, 5.41) is 0. The molecule has 1 aromatic rings. The smallest absolute Gasteiger partial charge is 0.0335 e. The molecule has 2 nitrogen and oxygen atoms in total. The lowest BCUT2D eigenvalue weighted by Crippen LogP contribution is -2.53. The second-order valence-corrected chi connectivity index (χ2v) is 6.79. The first kappa shape index (κ1) is 16.5. The average Bonchev–Trinajstić information content (AvgIpc) is 2.74. The van der Waals surface area contributed by atoms with Crippen molar-refractivity contribution in [1.82, 2.24) is 4.90 Å². The van der Waals surface area contributed by atoms with Crippen molar-refractivity contribution in [3.63, 3.8) is 0 Å². The fourth-order valence-electron chi connectivity index (χ4n) is 3.83. The SMILES string of the molecule is CCN(Cc1cc(C)ccc1C)C1(CN)CCCCCC1. The minimum Gasteiger partial charge on any atom is -0.329 e. The molecule has 0 unspecified atom stereocenters. The van der Waals surface area contributed by atoms with E-state index in [1.54, 1.807) is 0 Å². The van der Waals surface area contributed by atoms with Crippen LogP contribution in [0.4, 0.5) is 0 Å². The van der Waals surface area contributed by atoms with E-state index in [0.717, 1.165) is 19.6 Å². The third kappa shape index (κ3) is 3.87. The van der Waals surface area contributed by atoms with Gasteiger partial charge in [-0.25, -0.2) is 0 Å². The van der Waals surface area contributed by atoms with Gasteiger partial charge < -0.3 is 5.73 Å². The molecule has 1 saturated carbocycles. The second-order valence-electron chi connectivity index (χ2n) is 6.79. The van der Waals surface area contributed by atoms with Gasteiger partial charge in [0.05, 0.1) is 0 Å². The normalized spacial score (nSPS) is 18.7. The summed E-state index contributed by atoms with van der Waals surface area (Å²) in [6.45, 7) is 9.62. The number of hydrogen-bond acceptors (Lipinski definition) is 2. The molecule has 2 heteroatoms. The van der Waals surface area contributed by atoms with Crippen molar-refractivity contribution in [3.05, 3.63) is 34.9 Å². The van der Waals surface area contributed by atoms with Gasteiger partial charge in [0.15, 0.2) is 0 Å². The first-order valence-corrected chi connectivity index (χ1v) is 8.62. The standard InChI is InChI=1S/C19H32N2/c1-4-21(14-18-13-16(2)9-10-17(18)3)19(15-20)11-7-5-6-8-12-19/h9-10,13H,4-8,11-12,14-15,20H2,1-3H3. The summed E-state index contributed by atoms with van der Waals surface area (Å²) in [4.78, 5) is 2.65. The van der Waals surface area contributed by atoms with Crippen LogP contribution in [0.25, 0.3) is 0 Å². The fourth-order valence-corrected chi connectivity index (χ4v) is 3.83. The molecule has 1 aromatic carbocycles. The lowest BCUT2D eigenvalue weighted by molar-refractivity contribution is 0.0754. The molecule has 1 aliphatic rings. The summed E-state index contributed by atoms with van der Waals surface area (Å²) in [5.74, 6) is 0. The van der Waals surface area contributed by atoms with Gasteiger partial charge in [0.2, 0.25) is 0 Å². The number of nitrogens with two attached hydrogens (primary N) is 1. The Bertz CT molecular complexity index is 445. The van der Waals surface area contributed by atoms with E-state index in [9.17, 15) is 0 Å². The molecule has 2 rings (SSSR count). The lowest BCUT2D eigenvalue weighted by Gasteiger charge is -2.43. The molecule has 0 aliphatic heterocycles. The Labute approximate surface area is 130 Å². The van der Waals surface area contributed by atoms with Crippen LogP contribution in [0.2, 0.25) is 0 Å². The fraction of sp³-hybridized carbons (Fsp3) is 0.684. The number of nitrogens with zero attached hydrogens (tertiary/aromatic N) is 1. The minimum absolute atomic E-state index is 0.224. The van der Waals surface area contributed by atoms with Crippen LogP contribution in [-0.2, 0) is 6.54 Å². The summed E-state index contributed by atoms with van der Waals surface area (Å²) >= 11 is 0. The Hall–Kier alpha value is -0.860. The Balaban J connectivity index is 2.22. The maximum absolute atomic E-state index is 6.26.